The van der Waals surface area contributed by atoms with Crippen LogP contribution in [0.1, 0.15) is 35.2 Å². The van der Waals surface area contributed by atoms with E-state index in [0.29, 0.717) is 11.4 Å². The normalized spacial score (nSPS) is 17.5. The van der Waals surface area contributed by atoms with E-state index in [0.717, 1.165) is 28.5 Å². The molecule has 2 atom stereocenters. The van der Waals surface area contributed by atoms with Crippen molar-refractivity contribution in [2.75, 3.05) is 17.1 Å². The van der Waals surface area contributed by atoms with Crippen molar-refractivity contribution in [3.05, 3.63) is 58.7 Å². The van der Waals surface area contributed by atoms with E-state index < -0.39 is 16.1 Å². The maximum Gasteiger partial charge on any atom is 0.263 e. The number of nitrogens with one attached hydrogen (secondary N) is 1. The van der Waals surface area contributed by atoms with E-state index in [1.54, 1.807) is 12.1 Å². The molecule has 7 heteroatoms. The number of carbonyl (C=O) groups excluding carboxylic acids is 1. The molecule has 0 spiro atoms. The van der Waals surface area contributed by atoms with Crippen molar-refractivity contribution in [1.82, 2.24) is 5.32 Å². The summed E-state index contributed by atoms with van der Waals surface area (Å²) in [6.45, 7) is 7.76. The summed E-state index contributed by atoms with van der Waals surface area (Å²) in [6.07, 6.45) is 0.218. The first kappa shape index (κ1) is 20.2. The number of amides is 1. The van der Waals surface area contributed by atoms with E-state index in [9.17, 15) is 13.2 Å². The van der Waals surface area contributed by atoms with Crippen molar-refractivity contribution in [2.45, 2.75) is 39.8 Å². The fraction of sp³-hybridized carbons (Fsp3) is 0.381. The molecule has 0 fully saturated rings. The van der Waals surface area contributed by atoms with Gasteiger partial charge >= 0.3 is 0 Å². The molecule has 0 bridgehead atoms. The van der Waals surface area contributed by atoms with Crippen LogP contribution in [0.5, 0.6) is 5.75 Å². The Balaban J connectivity index is 1.83. The van der Waals surface area contributed by atoms with E-state index in [1.165, 1.54) is 4.31 Å². The van der Waals surface area contributed by atoms with Gasteiger partial charge in [0.25, 0.3) is 5.91 Å². The third-order valence-electron chi connectivity index (χ3n) is 4.93. The zero-order chi connectivity index (χ0) is 20.6. The van der Waals surface area contributed by atoms with Crippen LogP contribution in [0.25, 0.3) is 0 Å². The molecule has 1 aliphatic heterocycles. The largest absolute Gasteiger partial charge is 0.476 e. The van der Waals surface area contributed by atoms with Crippen LogP contribution in [0.2, 0.25) is 0 Å². The molecular formula is C21H26N2O4S. The molecule has 150 valence electrons. The summed E-state index contributed by atoms with van der Waals surface area (Å²) >= 11 is 0. The van der Waals surface area contributed by atoms with Crippen molar-refractivity contribution < 1.29 is 17.9 Å². The van der Waals surface area contributed by atoms with Gasteiger partial charge in [0.05, 0.1) is 24.5 Å². The lowest BCUT2D eigenvalue weighted by molar-refractivity contribution is -0.128. The standard InChI is InChI=1S/C21H26N2O4S/c1-13-6-8-17(15(3)10-13)16(4)22-21(24)20-12-23(28(5,25)26)18-11-14(2)7-9-19(18)27-20/h6-11,16,20H,12H2,1-5H3,(H,22,24)/t16-,20+/m1/s1. The highest BCUT2D eigenvalue weighted by molar-refractivity contribution is 7.92. The Morgan fingerprint density at radius 3 is 2.43 bits per heavy atom. The topological polar surface area (TPSA) is 75.7 Å². The van der Waals surface area contributed by atoms with E-state index in [-0.39, 0.29) is 18.5 Å². The first-order chi connectivity index (χ1) is 13.1. The summed E-state index contributed by atoms with van der Waals surface area (Å²) in [6, 6.07) is 11.1. The summed E-state index contributed by atoms with van der Waals surface area (Å²) in [5.41, 5.74) is 4.66. The summed E-state index contributed by atoms with van der Waals surface area (Å²) < 4.78 is 31.7. The third kappa shape index (κ3) is 4.14. The lowest BCUT2D eigenvalue weighted by atomic mass is 10.00. The first-order valence-electron chi connectivity index (χ1n) is 9.19. The van der Waals surface area contributed by atoms with Crippen molar-refractivity contribution in [1.29, 1.82) is 0 Å². The molecule has 0 unspecified atom stereocenters. The van der Waals surface area contributed by atoms with Crippen molar-refractivity contribution in [3.63, 3.8) is 0 Å². The minimum Gasteiger partial charge on any atom is -0.476 e. The van der Waals surface area contributed by atoms with E-state index in [2.05, 4.69) is 11.4 Å². The predicted octanol–water partition coefficient (Wildman–Crippen LogP) is 3.02. The minimum absolute atomic E-state index is 0.0548. The molecule has 0 saturated heterocycles. The van der Waals surface area contributed by atoms with Crippen LogP contribution in [0.15, 0.2) is 36.4 Å². The van der Waals surface area contributed by atoms with E-state index in [1.807, 2.05) is 45.9 Å². The number of fused-ring (bicyclic) bond motifs is 1. The molecule has 0 aromatic heterocycles. The maximum absolute atomic E-state index is 12.9. The fourth-order valence-electron chi connectivity index (χ4n) is 3.51. The minimum atomic E-state index is -3.54. The third-order valence-corrected chi connectivity index (χ3v) is 6.07. The Kier molecular flexibility index (Phi) is 5.39. The van der Waals surface area contributed by atoms with Gasteiger partial charge in [-0.05, 0) is 56.5 Å². The SMILES string of the molecule is Cc1ccc([C@@H](C)NC(=O)[C@@H]2CN(S(C)(=O)=O)c3cc(C)ccc3O2)c(C)c1. The maximum atomic E-state index is 12.9. The number of hydrogen-bond donors (Lipinski definition) is 1. The molecule has 0 radical (unpaired) electrons. The van der Waals surface area contributed by atoms with Gasteiger partial charge in [-0.2, -0.15) is 0 Å². The molecule has 1 N–H and O–H groups in total. The molecule has 28 heavy (non-hydrogen) atoms. The van der Waals surface area contributed by atoms with Gasteiger partial charge in [-0.25, -0.2) is 8.42 Å². The summed E-state index contributed by atoms with van der Waals surface area (Å²) in [7, 11) is -3.54. The number of ether oxygens (including phenoxy) is 1. The Labute approximate surface area is 166 Å². The molecule has 3 rings (SSSR count). The number of rotatable bonds is 4. The smallest absolute Gasteiger partial charge is 0.263 e. The average Bonchev–Trinajstić information content (AvgIpc) is 2.59. The number of hydrogen-bond acceptors (Lipinski definition) is 4. The van der Waals surface area contributed by atoms with Crippen molar-refractivity contribution >= 4 is 21.6 Å². The van der Waals surface area contributed by atoms with E-state index in [4.69, 9.17) is 4.74 Å². The lowest BCUT2D eigenvalue weighted by Crippen LogP contribution is -2.50. The summed E-state index contributed by atoms with van der Waals surface area (Å²) in [4.78, 5) is 12.9. The molecule has 6 nitrogen and oxygen atoms in total. The Hall–Kier alpha value is -2.54. The molecule has 2 aromatic carbocycles. The monoisotopic (exact) mass is 402 g/mol. The second-order valence-corrected chi connectivity index (χ2v) is 9.37. The summed E-state index contributed by atoms with van der Waals surface area (Å²) in [5, 5.41) is 2.95. The number of sulfonamides is 1. The molecule has 1 heterocycles. The van der Waals surface area contributed by atoms with Crippen LogP contribution in [0.3, 0.4) is 0 Å². The zero-order valence-corrected chi connectivity index (χ0v) is 17.6. The van der Waals surface area contributed by atoms with Crippen molar-refractivity contribution in [3.8, 4) is 5.75 Å². The summed E-state index contributed by atoms with van der Waals surface area (Å²) in [5.74, 6) is 0.0499. The highest BCUT2D eigenvalue weighted by atomic mass is 32.2. The van der Waals surface area contributed by atoms with Crippen LogP contribution in [0.4, 0.5) is 5.69 Å². The molecule has 1 aliphatic rings. The van der Waals surface area contributed by atoms with Gasteiger partial charge in [0, 0.05) is 0 Å². The molecule has 1 amide bonds. The van der Waals surface area contributed by atoms with Gasteiger partial charge < -0.3 is 10.1 Å². The Bertz CT molecular complexity index is 1020. The van der Waals surface area contributed by atoms with Crippen LogP contribution in [-0.4, -0.2) is 33.2 Å². The van der Waals surface area contributed by atoms with Gasteiger partial charge in [0.15, 0.2) is 6.10 Å². The molecule has 2 aromatic rings. The van der Waals surface area contributed by atoms with Crippen molar-refractivity contribution in [2.24, 2.45) is 0 Å². The Morgan fingerprint density at radius 2 is 1.79 bits per heavy atom. The predicted molar refractivity (Wildman–Crippen MR) is 110 cm³/mol. The molecular weight excluding hydrogens is 376 g/mol. The molecule has 0 aliphatic carbocycles. The quantitative estimate of drug-likeness (QED) is 0.853. The highest BCUT2D eigenvalue weighted by Gasteiger charge is 2.35. The first-order valence-corrected chi connectivity index (χ1v) is 11.0. The van der Waals surface area contributed by atoms with Gasteiger partial charge in [0.2, 0.25) is 10.0 Å². The van der Waals surface area contributed by atoms with Gasteiger partial charge in [-0.15, -0.1) is 0 Å². The number of anilines is 1. The number of carbonyl (C=O) groups is 1. The van der Waals surface area contributed by atoms with Gasteiger partial charge in [-0.3, -0.25) is 9.10 Å². The molecule has 0 saturated carbocycles. The van der Waals surface area contributed by atoms with Crippen LogP contribution >= 0.6 is 0 Å². The highest BCUT2D eigenvalue weighted by Crippen LogP contribution is 2.36. The van der Waals surface area contributed by atoms with Gasteiger partial charge in [0.1, 0.15) is 5.75 Å². The van der Waals surface area contributed by atoms with Crippen LogP contribution < -0.4 is 14.4 Å². The fourth-order valence-corrected chi connectivity index (χ4v) is 4.41. The number of benzene rings is 2. The number of aryl methyl sites for hydroxylation is 3. The zero-order valence-electron chi connectivity index (χ0n) is 16.8. The number of nitrogens with zero attached hydrogens (tertiary/aromatic N) is 1. The van der Waals surface area contributed by atoms with Crippen LogP contribution in [-0.2, 0) is 14.8 Å². The van der Waals surface area contributed by atoms with Crippen LogP contribution in [0, 0.1) is 20.8 Å². The second-order valence-electron chi connectivity index (χ2n) is 7.46. The average molecular weight is 403 g/mol. The Morgan fingerprint density at radius 1 is 1.14 bits per heavy atom. The lowest BCUT2D eigenvalue weighted by Gasteiger charge is -2.34. The second kappa shape index (κ2) is 7.47. The van der Waals surface area contributed by atoms with Gasteiger partial charge in [-0.1, -0.05) is 29.8 Å². The van der Waals surface area contributed by atoms with E-state index >= 15 is 0 Å².